The Morgan fingerprint density at radius 1 is 1.42 bits per heavy atom. The van der Waals surface area contributed by atoms with Crippen molar-refractivity contribution in [3.05, 3.63) is 22.7 Å². The van der Waals surface area contributed by atoms with Gasteiger partial charge in [-0.15, -0.1) is 0 Å². The van der Waals surface area contributed by atoms with Crippen molar-refractivity contribution in [1.82, 2.24) is 4.72 Å². The number of aliphatic hydroxyl groups excluding tert-OH is 1. The van der Waals surface area contributed by atoms with E-state index in [2.05, 4.69) is 4.72 Å². The SMILES string of the molecule is Cc1c(N)cc(S(=O)(=O)N[C@H](CO)C(C)C)cc1Cl. The minimum Gasteiger partial charge on any atom is -0.398 e. The molecule has 1 aromatic rings. The molecule has 0 aliphatic heterocycles. The first-order chi connectivity index (χ1) is 8.69. The summed E-state index contributed by atoms with van der Waals surface area (Å²) in [6.07, 6.45) is 0. The quantitative estimate of drug-likeness (QED) is 0.719. The largest absolute Gasteiger partial charge is 0.398 e. The molecule has 0 aliphatic rings. The molecule has 1 atom stereocenters. The summed E-state index contributed by atoms with van der Waals surface area (Å²) in [5, 5.41) is 9.48. The van der Waals surface area contributed by atoms with Crippen LogP contribution in [0.1, 0.15) is 19.4 Å². The van der Waals surface area contributed by atoms with Crippen molar-refractivity contribution in [2.75, 3.05) is 12.3 Å². The highest BCUT2D eigenvalue weighted by atomic mass is 35.5. The normalized spacial score (nSPS) is 13.8. The highest BCUT2D eigenvalue weighted by Crippen LogP contribution is 2.26. The van der Waals surface area contributed by atoms with E-state index in [1.165, 1.54) is 12.1 Å². The van der Waals surface area contributed by atoms with Crippen LogP contribution in [0.2, 0.25) is 5.02 Å². The Hall–Kier alpha value is -0.820. The Morgan fingerprint density at radius 2 is 2.00 bits per heavy atom. The first-order valence-electron chi connectivity index (χ1n) is 5.88. The van der Waals surface area contributed by atoms with Crippen LogP contribution < -0.4 is 10.5 Å². The van der Waals surface area contributed by atoms with E-state index in [1.807, 2.05) is 13.8 Å². The van der Waals surface area contributed by atoms with Crippen LogP contribution in [0.25, 0.3) is 0 Å². The number of nitrogens with two attached hydrogens (primary N) is 1. The second-order valence-electron chi connectivity index (χ2n) is 4.77. The van der Waals surface area contributed by atoms with Crippen molar-refractivity contribution < 1.29 is 13.5 Å². The van der Waals surface area contributed by atoms with Gasteiger partial charge in [0.1, 0.15) is 0 Å². The Morgan fingerprint density at radius 3 is 2.42 bits per heavy atom. The first-order valence-corrected chi connectivity index (χ1v) is 7.74. The van der Waals surface area contributed by atoms with Gasteiger partial charge in [-0.25, -0.2) is 13.1 Å². The van der Waals surface area contributed by atoms with Crippen LogP contribution in [0.3, 0.4) is 0 Å². The number of halogens is 1. The van der Waals surface area contributed by atoms with Crippen LogP contribution in [0, 0.1) is 12.8 Å². The third kappa shape index (κ3) is 3.82. The van der Waals surface area contributed by atoms with Gasteiger partial charge in [0.25, 0.3) is 0 Å². The van der Waals surface area contributed by atoms with E-state index in [4.69, 9.17) is 17.3 Å². The van der Waals surface area contributed by atoms with Crippen LogP contribution in [-0.2, 0) is 10.0 Å². The van der Waals surface area contributed by atoms with Crippen LogP contribution in [0.5, 0.6) is 0 Å². The zero-order valence-electron chi connectivity index (χ0n) is 11.1. The fraction of sp³-hybridized carbons (Fsp3) is 0.500. The molecule has 1 aromatic carbocycles. The van der Waals surface area contributed by atoms with Crippen molar-refractivity contribution in [2.45, 2.75) is 31.7 Å². The average Bonchev–Trinajstić information content (AvgIpc) is 2.32. The topological polar surface area (TPSA) is 92.4 Å². The van der Waals surface area contributed by atoms with Gasteiger partial charge in [-0.05, 0) is 30.5 Å². The van der Waals surface area contributed by atoms with E-state index in [1.54, 1.807) is 6.92 Å². The number of benzene rings is 1. The lowest BCUT2D eigenvalue weighted by Gasteiger charge is -2.20. The lowest BCUT2D eigenvalue weighted by molar-refractivity contribution is 0.227. The van der Waals surface area contributed by atoms with Gasteiger partial charge in [-0.2, -0.15) is 0 Å². The first kappa shape index (κ1) is 16.2. The summed E-state index contributed by atoms with van der Waals surface area (Å²) in [6, 6.07) is 2.16. The zero-order valence-corrected chi connectivity index (χ0v) is 12.7. The number of nitrogen functional groups attached to an aromatic ring is 1. The lowest BCUT2D eigenvalue weighted by Crippen LogP contribution is -2.41. The van der Waals surface area contributed by atoms with Gasteiger partial charge >= 0.3 is 0 Å². The van der Waals surface area contributed by atoms with Gasteiger partial charge in [-0.3, -0.25) is 0 Å². The third-order valence-corrected chi connectivity index (χ3v) is 4.84. The van der Waals surface area contributed by atoms with E-state index in [-0.39, 0.29) is 17.4 Å². The van der Waals surface area contributed by atoms with Gasteiger partial charge in [-0.1, -0.05) is 25.4 Å². The van der Waals surface area contributed by atoms with Crippen LogP contribution in [-0.4, -0.2) is 26.2 Å². The summed E-state index contributed by atoms with van der Waals surface area (Å²) in [7, 11) is -3.75. The Balaban J connectivity index is 3.14. The molecule has 0 spiro atoms. The maximum Gasteiger partial charge on any atom is 0.241 e. The minimum absolute atomic E-state index is 0.000278. The Bertz CT molecular complexity index is 535. The molecule has 5 nitrogen and oxygen atoms in total. The molecular formula is C12H19ClN2O3S. The predicted molar refractivity (Wildman–Crippen MR) is 76.6 cm³/mol. The number of rotatable bonds is 5. The summed E-state index contributed by atoms with van der Waals surface area (Å²) in [4.78, 5) is -0.000278. The molecule has 1 rings (SSSR count). The van der Waals surface area contributed by atoms with Gasteiger partial charge in [0.05, 0.1) is 11.5 Å². The van der Waals surface area contributed by atoms with Crippen molar-refractivity contribution >= 4 is 27.3 Å². The van der Waals surface area contributed by atoms with E-state index in [9.17, 15) is 13.5 Å². The molecule has 0 aromatic heterocycles. The van der Waals surface area contributed by atoms with Gasteiger partial charge in [0, 0.05) is 16.8 Å². The molecule has 7 heteroatoms. The molecular weight excluding hydrogens is 288 g/mol. The molecule has 0 aliphatic carbocycles. The number of hydrogen-bond donors (Lipinski definition) is 3. The van der Waals surface area contributed by atoms with Gasteiger partial charge in [0.15, 0.2) is 0 Å². The van der Waals surface area contributed by atoms with Crippen molar-refractivity contribution in [3.63, 3.8) is 0 Å². The van der Waals surface area contributed by atoms with E-state index in [0.717, 1.165) is 0 Å². The standard InChI is InChI=1S/C12H19ClN2O3S/c1-7(2)12(6-16)15-19(17,18)9-4-10(13)8(3)11(14)5-9/h4-5,7,12,15-16H,6,14H2,1-3H3/t12-/m1/s1. The van der Waals surface area contributed by atoms with Crippen molar-refractivity contribution in [1.29, 1.82) is 0 Å². The highest BCUT2D eigenvalue weighted by Gasteiger charge is 2.23. The molecule has 19 heavy (non-hydrogen) atoms. The summed E-state index contributed by atoms with van der Waals surface area (Å²) < 4.78 is 26.8. The lowest BCUT2D eigenvalue weighted by atomic mass is 10.1. The second-order valence-corrected chi connectivity index (χ2v) is 6.89. The van der Waals surface area contributed by atoms with Crippen LogP contribution in [0.15, 0.2) is 17.0 Å². The summed E-state index contributed by atoms with van der Waals surface area (Å²) >= 11 is 5.94. The molecule has 0 saturated heterocycles. The molecule has 108 valence electrons. The summed E-state index contributed by atoms with van der Waals surface area (Å²) in [6.45, 7) is 5.08. The average molecular weight is 307 g/mol. The molecule has 0 bridgehead atoms. The zero-order chi connectivity index (χ0) is 14.8. The molecule has 0 radical (unpaired) electrons. The van der Waals surface area contributed by atoms with E-state index >= 15 is 0 Å². The second kappa shape index (κ2) is 6.09. The van der Waals surface area contributed by atoms with E-state index < -0.39 is 16.1 Å². The Kier molecular flexibility index (Phi) is 5.20. The molecule has 0 unspecified atom stereocenters. The third-order valence-electron chi connectivity index (χ3n) is 2.98. The Labute approximate surface area is 118 Å². The van der Waals surface area contributed by atoms with Crippen molar-refractivity contribution in [2.24, 2.45) is 5.92 Å². The molecule has 0 amide bonds. The predicted octanol–water partition coefficient (Wildman–Crippen LogP) is 1.53. The number of anilines is 1. The van der Waals surface area contributed by atoms with Crippen LogP contribution in [0.4, 0.5) is 5.69 Å². The molecule has 0 heterocycles. The smallest absolute Gasteiger partial charge is 0.241 e. The summed E-state index contributed by atoms with van der Waals surface area (Å²) in [5.41, 5.74) is 6.67. The fourth-order valence-corrected chi connectivity index (χ4v) is 3.21. The fourth-order valence-electron chi connectivity index (χ4n) is 1.48. The summed E-state index contributed by atoms with van der Waals surface area (Å²) in [5.74, 6) is -0.0296. The number of sulfonamides is 1. The van der Waals surface area contributed by atoms with Crippen molar-refractivity contribution in [3.8, 4) is 0 Å². The monoisotopic (exact) mass is 306 g/mol. The number of hydrogen-bond acceptors (Lipinski definition) is 4. The number of aliphatic hydroxyl groups is 1. The van der Waals surface area contributed by atoms with E-state index in [0.29, 0.717) is 16.3 Å². The molecule has 0 fully saturated rings. The highest BCUT2D eigenvalue weighted by molar-refractivity contribution is 7.89. The van der Waals surface area contributed by atoms with Crippen LogP contribution >= 0.6 is 11.6 Å². The maximum absolute atomic E-state index is 12.2. The maximum atomic E-state index is 12.2. The van der Waals surface area contributed by atoms with Gasteiger partial charge in [0.2, 0.25) is 10.0 Å². The molecule has 4 N–H and O–H groups in total. The number of nitrogens with one attached hydrogen (secondary N) is 1. The molecule has 0 saturated carbocycles. The minimum atomic E-state index is -3.75. The van der Waals surface area contributed by atoms with Gasteiger partial charge < -0.3 is 10.8 Å².